The lowest BCUT2D eigenvalue weighted by molar-refractivity contribution is -0.118. The van der Waals surface area contributed by atoms with Crippen LogP contribution in [0.5, 0.6) is 0 Å². The van der Waals surface area contributed by atoms with Gasteiger partial charge in [-0.2, -0.15) is 0 Å². The Hall–Kier alpha value is -1.15. The largest absolute Gasteiger partial charge is 0.356 e. The van der Waals surface area contributed by atoms with Crippen LogP contribution in [0.3, 0.4) is 0 Å². The monoisotopic (exact) mass is 354 g/mol. The Morgan fingerprint density at radius 2 is 2.00 bits per heavy atom. The van der Waals surface area contributed by atoms with Crippen LogP contribution < -0.4 is 11.1 Å². The highest BCUT2D eigenvalue weighted by molar-refractivity contribution is 7.99. The average molecular weight is 355 g/mol. The van der Waals surface area contributed by atoms with Gasteiger partial charge in [-0.1, -0.05) is 0 Å². The molecule has 3 N–H and O–H groups in total. The second-order valence-electron chi connectivity index (χ2n) is 4.50. The van der Waals surface area contributed by atoms with Gasteiger partial charge in [0.1, 0.15) is 0 Å². The molecular formula is C15H18N2O2S3. The number of hydrogen-bond acceptors (Lipinski definition) is 5. The number of carbonyl (C=O) groups excluding carboxylic acids is 1. The van der Waals surface area contributed by atoms with E-state index in [9.17, 15) is 9.00 Å². The maximum atomic E-state index is 12.4. The molecule has 22 heavy (non-hydrogen) atoms. The molecule has 1 atom stereocenters. The molecule has 4 nitrogen and oxygen atoms in total. The molecule has 0 spiro atoms. The van der Waals surface area contributed by atoms with Gasteiger partial charge < -0.3 is 11.1 Å². The summed E-state index contributed by atoms with van der Waals surface area (Å²) >= 11 is 3.15. The van der Waals surface area contributed by atoms with Crippen molar-refractivity contribution in [3.8, 4) is 0 Å². The topological polar surface area (TPSA) is 72.2 Å². The predicted molar refractivity (Wildman–Crippen MR) is 92.7 cm³/mol. The van der Waals surface area contributed by atoms with Crippen LogP contribution >= 0.6 is 23.1 Å². The van der Waals surface area contributed by atoms with Gasteiger partial charge in [-0.25, -0.2) is 4.21 Å². The van der Waals surface area contributed by atoms with Gasteiger partial charge in [-0.3, -0.25) is 4.79 Å². The van der Waals surface area contributed by atoms with Crippen LogP contribution in [0.25, 0.3) is 0 Å². The third-order valence-corrected chi connectivity index (χ3v) is 6.63. The second kappa shape index (κ2) is 8.47. The first kappa shape index (κ1) is 17.2. The number of hydrogen-bond donors (Lipinski definition) is 2. The summed E-state index contributed by atoms with van der Waals surface area (Å²) in [6.07, 6.45) is 0. The second-order valence-corrected chi connectivity index (χ2v) is 8.54. The van der Waals surface area contributed by atoms with Crippen LogP contribution in [0.4, 0.5) is 0 Å². The van der Waals surface area contributed by atoms with E-state index in [0.29, 0.717) is 13.1 Å². The Bertz CT molecular complexity index is 653. The number of carbonyl (C=O) groups is 1. The van der Waals surface area contributed by atoms with E-state index in [1.807, 2.05) is 36.4 Å². The van der Waals surface area contributed by atoms with Crippen LogP contribution in [0.1, 0.15) is 11.8 Å². The third-order valence-electron chi connectivity index (χ3n) is 2.80. The molecule has 0 aliphatic heterocycles. The van der Waals surface area contributed by atoms with Crippen LogP contribution in [0.2, 0.25) is 0 Å². The van der Waals surface area contributed by atoms with Gasteiger partial charge in [0.2, 0.25) is 5.91 Å². The molecule has 0 bridgehead atoms. The molecule has 1 aromatic carbocycles. The quantitative estimate of drug-likeness (QED) is 0.592. The van der Waals surface area contributed by atoms with Crippen molar-refractivity contribution in [2.24, 2.45) is 5.73 Å². The molecule has 0 saturated carbocycles. The maximum Gasteiger partial charge on any atom is 0.216 e. The zero-order valence-electron chi connectivity index (χ0n) is 12.2. The molecular weight excluding hydrogens is 336 g/mol. The van der Waals surface area contributed by atoms with Crippen molar-refractivity contribution in [3.63, 3.8) is 0 Å². The van der Waals surface area contributed by atoms with E-state index in [1.165, 1.54) is 18.3 Å². The molecule has 118 valence electrons. The standard InChI is InChI=1S/C15H18N2O2S3/c1-11(18)17-8-9-20-12-2-5-14(6-3-12)22(19)15-7-4-13(10-16)21-15/h2-7H,8-10,16H2,1H3,(H,17,18). The Balaban J connectivity index is 1.93. The van der Waals surface area contributed by atoms with E-state index in [1.54, 1.807) is 11.8 Å². The number of thiophene rings is 1. The first-order valence-corrected chi connectivity index (χ1v) is 9.73. The Morgan fingerprint density at radius 1 is 1.27 bits per heavy atom. The Morgan fingerprint density at radius 3 is 2.59 bits per heavy atom. The normalized spacial score (nSPS) is 12.1. The summed E-state index contributed by atoms with van der Waals surface area (Å²) in [5.41, 5.74) is 5.58. The fourth-order valence-electron chi connectivity index (χ4n) is 1.74. The Kier molecular flexibility index (Phi) is 6.63. The molecule has 2 aromatic rings. The molecule has 0 fully saturated rings. The zero-order valence-corrected chi connectivity index (χ0v) is 14.7. The molecule has 1 aromatic heterocycles. The third kappa shape index (κ3) is 4.95. The van der Waals surface area contributed by atoms with Gasteiger partial charge in [-0.05, 0) is 36.4 Å². The fourth-order valence-corrected chi connectivity index (χ4v) is 4.84. The Labute approximate surface area is 141 Å². The summed E-state index contributed by atoms with van der Waals surface area (Å²) in [5.74, 6) is 0.798. The van der Waals surface area contributed by atoms with Gasteiger partial charge in [0, 0.05) is 40.4 Å². The van der Waals surface area contributed by atoms with Gasteiger partial charge in [0.25, 0.3) is 0 Å². The van der Waals surface area contributed by atoms with E-state index >= 15 is 0 Å². The van der Waals surface area contributed by atoms with Crippen molar-refractivity contribution < 1.29 is 9.00 Å². The number of rotatable bonds is 7. The zero-order chi connectivity index (χ0) is 15.9. The van der Waals surface area contributed by atoms with Crippen LogP contribution in [0, 0.1) is 0 Å². The van der Waals surface area contributed by atoms with Gasteiger partial charge >= 0.3 is 0 Å². The highest BCUT2D eigenvalue weighted by Gasteiger charge is 2.10. The highest BCUT2D eigenvalue weighted by atomic mass is 32.2. The van der Waals surface area contributed by atoms with Gasteiger partial charge in [0.05, 0.1) is 15.0 Å². The first-order chi connectivity index (χ1) is 10.6. The minimum absolute atomic E-state index is 0.0147. The van der Waals surface area contributed by atoms with E-state index in [-0.39, 0.29) is 5.91 Å². The summed E-state index contributed by atoms with van der Waals surface area (Å²) < 4.78 is 13.3. The number of nitrogens with one attached hydrogen (secondary N) is 1. The minimum atomic E-state index is -1.15. The van der Waals surface area contributed by atoms with E-state index in [0.717, 1.165) is 24.6 Å². The fraction of sp³-hybridized carbons (Fsp3) is 0.267. The predicted octanol–water partition coefficient (Wildman–Crippen LogP) is 2.60. The van der Waals surface area contributed by atoms with Crippen LogP contribution in [-0.4, -0.2) is 22.4 Å². The lowest BCUT2D eigenvalue weighted by Crippen LogP contribution is -2.22. The first-order valence-electron chi connectivity index (χ1n) is 6.78. The van der Waals surface area contributed by atoms with Crippen molar-refractivity contribution in [3.05, 3.63) is 41.3 Å². The maximum absolute atomic E-state index is 12.4. The summed E-state index contributed by atoms with van der Waals surface area (Å²) in [7, 11) is -1.15. The van der Waals surface area contributed by atoms with Crippen molar-refractivity contribution in [1.29, 1.82) is 0 Å². The van der Waals surface area contributed by atoms with Crippen LogP contribution in [0.15, 0.2) is 50.4 Å². The lowest BCUT2D eigenvalue weighted by Gasteiger charge is -2.04. The van der Waals surface area contributed by atoms with Crippen LogP contribution in [-0.2, 0) is 22.1 Å². The molecule has 1 amide bonds. The molecule has 0 aliphatic carbocycles. The van der Waals surface area contributed by atoms with E-state index in [2.05, 4.69) is 5.32 Å². The number of benzene rings is 1. The molecule has 2 rings (SSSR count). The molecule has 0 saturated heterocycles. The lowest BCUT2D eigenvalue weighted by atomic mass is 10.4. The molecule has 7 heteroatoms. The van der Waals surface area contributed by atoms with Crippen molar-refractivity contribution in [2.75, 3.05) is 12.3 Å². The number of thioether (sulfide) groups is 1. The summed E-state index contributed by atoms with van der Waals surface area (Å²) in [5, 5.41) is 2.76. The number of amides is 1. The number of nitrogens with two attached hydrogens (primary N) is 1. The van der Waals surface area contributed by atoms with Crippen molar-refractivity contribution in [2.45, 2.75) is 27.5 Å². The van der Waals surface area contributed by atoms with Gasteiger partial charge in [-0.15, -0.1) is 23.1 Å². The van der Waals surface area contributed by atoms with Crippen molar-refractivity contribution >= 4 is 39.8 Å². The van der Waals surface area contributed by atoms with E-state index < -0.39 is 10.8 Å². The SMILES string of the molecule is CC(=O)NCCSc1ccc(S(=O)c2ccc(CN)s2)cc1. The summed E-state index contributed by atoms with van der Waals surface area (Å²) in [6, 6.07) is 11.5. The molecule has 0 radical (unpaired) electrons. The summed E-state index contributed by atoms with van der Waals surface area (Å²) in [4.78, 5) is 13.7. The highest BCUT2D eigenvalue weighted by Crippen LogP contribution is 2.26. The molecule has 0 aliphatic rings. The van der Waals surface area contributed by atoms with Gasteiger partial charge in [0.15, 0.2) is 0 Å². The molecule has 1 heterocycles. The van der Waals surface area contributed by atoms with Crippen molar-refractivity contribution in [1.82, 2.24) is 5.32 Å². The minimum Gasteiger partial charge on any atom is -0.356 e. The smallest absolute Gasteiger partial charge is 0.216 e. The summed E-state index contributed by atoms with van der Waals surface area (Å²) in [6.45, 7) is 2.63. The molecule has 1 unspecified atom stereocenters. The van der Waals surface area contributed by atoms with E-state index in [4.69, 9.17) is 5.73 Å². The average Bonchev–Trinajstić information content (AvgIpc) is 3.00.